The lowest BCUT2D eigenvalue weighted by molar-refractivity contribution is -0.181. The molecule has 1 aliphatic rings. The zero-order chi connectivity index (χ0) is 23.0. The molecule has 0 radical (unpaired) electrons. The predicted octanol–water partition coefficient (Wildman–Crippen LogP) is 3.04. The molecule has 0 spiro atoms. The molecule has 2 N–H and O–H groups in total. The van der Waals surface area contributed by atoms with E-state index in [-0.39, 0.29) is 5.76 Å². The average Bonchev–Trinajstić information content (AvgIpc) is 3.47. The molecule has 1 fully saturated rings. The third-order valence-electron chi connectivity index (χ3n) is 6.15. The molecule has 0 aliphatic carbocycles. The molecule has 32 heavy (non-hydrogen) atoms. The first kappa shape index (κ1) is 22.2. The lowest BCUT2D eigenvalue weighted by atomic mass is 9.86. The van der Waals surface area contributed by atoms with Crippen molar-refractivity contribution in [1.29, 1.82) is 0 Å². The number of Topliss-reactive ketones (excluding diaryl/α,β-unsaturated/α-hetero) is 1. The Labute approximate surface area is 190 Å². The van der Waals surface area contributed by atoms with E-state index in [1.807, 2.05) is 67.5 Å². The van der Waals surface area contributed by atoms with E-state index in [2.05, 4.69) is 9.97 Å². The van der Waals surface area contributed by atoms with Gasteiger partial charge in [0.15, 0.2) is 17.4 Å². The Morgan fingerprint density at radius 3 is 2.81 bits per heavy atom. The highest BCUT2D eigenvalue weighted by atomic mass is 32.1. The molecule has 3 unspecified atom stereocenters. The molecule has 8 nitrogen and oxygen atoms in total. The van der Waals surface area contributed by atoms with Gasteiger partial charge in [0.2, 0.25) is 5.78 Å². The van der Waals surface area contributed by atoms with Crippen LogP contribution in [0.5, 0.6) is 0 Å². The number of aromatic nitrogens is 2. The third kappa shape index (κ3) is 3.62. The zero-order valence-corrected chi connectivity index (χ0v) is 19.2. The standard InChI is InChI=1S/C23H26N4O4S/c1-14(26(2)3)23(27(4)13-16-7-6-10-32-16)19(22(29)30)20(28)18(31-23)11-15-12-25-21-17(15)8-5-9-24-21/h5-12,14,19H,13H2,1-4H3,(H,24,25)(H,29,30)/b18-11-. The van der Waals surface area contributed by atoms with Crippen LogP contribution in [0.1, 0.15) is 17.4 Å². The van der Waals surface area contributed by atoms with Crippen molar-refractivity contribution in [3.05, 3.63) is 58.2 Å². The maximum atomic E-state index is 13.4. The molecule has 1 saturated heterocycles. The van der Waals surface area contributed by atoms with Crippen LogP contribution in [0.2, 0.25) is 0 Å². The van der Waals surface area contributed by atoms with E-state index in [1.165, 1.54) is 0 Å². The van der Waals surface area contributed by atoms with Crippen molar-refractivity contribution in [2.24, 2.45) is 5.92 Å². The minimum Gasteiger partial charge on any atom is -0.481 e. The van der Waals surface area contributed by atoms with Crippen LogP contribution in [-0.2, 0) is 20.9 Å². The molecule has 3 atom stereocenters. The van der Waals surface area contributed by atoms with Crippen molar-refractivity contribution < 1.29 is 19.4 Å². The highest BCUT2D eigenvalue weighted by Gasteiger charge is 2.63. The van der Waals surface area contributed by atoms with Crippen molar-refractivity contribution in [2.45, 2.75) is 25.2 Å². The van der Waals surface area contributed by atoms with E-state index in [0.717, 1.165) is 15.8 Å². The monoisotopic (exact) mass is 454 g/mol. The van der Waals surface area contributed by atoms with E-state index in [0.29, 0.717) is 12.2 Å². The largest absolute Gasteiger partial charge is 0.481 e. The Kier molecular flexibility index (Phi) is 5.89. The first-order chi connectivity index (χ1) is 15.3. The van der Waals surface area contributed by atoms with E-state index in [4.69, 9.17) is 4.74 Å². The Balaban J connectivity index is 1.82. The molecule has 9 heteroatoms. The number of ketones is 1. The van der Waals surface area contributed by atoms with Gasteiger partial charge in [-0.05, 0) is 57.7 Å². The SMILES string of the molecule is CC(N(C)C)C1(N(C)Cc2cccs2)O/C(=C\c2c[nH]c3ncccc23)C(=O)C1C(=O)O. The smallest absolute Gasteiger partial charge is 0.320 e. The highest BCUT2D eigenvalue weighted by molar-refractivity contribution is 7.09. The van der Waals surface area contributed by atoms with Crippen LogP contribution in [0, 0.1) is 5.92 Å². The first-order valence-electron chi connectivity index (χ1n) is 10.3. The number of carbonyl (C=O) groups is 2. The van der Waals surface area contributed by atoms with Crippen LogP contribution in [-0.4, -0.2) is 69.5 Å². The van der Waals surface area contributed by atoms with Crippen molar-refractivity contribution in [3.63, 3.8) is 0 Å². The topological polar surface area (TPSA) is 98.8 Å². The van der Waals surface area contributed by atoms with Gasteiger partial charge in [-0.2, -0.15) is 0 Å². The van der Waals surface area contributed by atoms with Gasteiger partial charge in [-0.3, -0.25) is 14.5 Å². The van der Waals surface area contributed by atoms with Gasteiger partial charge in [-0.15, -0.1) is 11.3 Å². The van der Waals surface area contributed by atoms with E-state index < -0.39 is 29.4 Å². The maximum absolute atomic E-state index is 13.4. The van der Waals surface area contributed by atoms with Crippen LogP contribution in [0.15, 0.2) is 47.8 Å². The van der Waals surface area contributed by atoms with Gasteiger partial charge in [0, 0.05) is 34.8 Å². The second-order valence-electron chi connectivity index (χ2n) is 8.22. The number of allylic oxidation sites excluding steroid dienone is 1. The van der Waals surface area contributed by atoms with Crippen molar-refractivity contribution >= 4 is 40.2 Å². The molecule has 168 valence electrons. The number of hydrogen-bond donors (Lipinski definition) is 2. The number of hydrogen-bond acceptors (Lipinski definition) is 7. The number of pyridine rings is 1. The number of nitrogens with zero attached hydrogens (tertiary/aromatic N) is 3. The number of ether oxygens (including phenoxy) is 1. The number of fused-ring (bicyclic) bond motifs is 1. The number of carboxylic acid groups (broad SMARTS) is 1. The van der Waals surface area contributed by atoms with E-state index in [9.17, 15) is 14.7 Å². The quantitative estimate of drug-likeness (QED) is 0.418. The number of carbonyl (C=O) groups excluding carboxylic acids is 1. The predicted molar refractivity (Wildman–Crippen MR) is 123 cm³/mol. The maximum Gasteiger partial charge on any atom is 0.320 e. The summed E-state index contributed by atoms with van der Waals surface area (Å²) >= 11 is 1.58. The summed E-state index contributed by atoms with van der Waals surface area (Å²) in [6, 6.07) is 7.23. The van der Waals surface area contributed by atoms with E-state index in [1.54, 1.807) is 29.8 Å². The lowest BCUT2D eigenvalue weighted by Gasteiger charge is -2.45. The molecule has 3 aromatic heterocycles. The van der Waals surface area contributed by atoms with Gasteiger partial charge in [0.25, 0.3) is 0 Å². The molecule has 0 amide bonds. The molecular weight excluding hydrogens is 428 g/mol. The minimum absolute atomic E-state index is 0.0360. The summed E-state index contributed by atoms with van der Waals surface area (Å²) in [6.07, 6.45) is 5.03. The fraction of sp³-hybridized carbons (Fsp3) is 0.348. The fourth-order valence-corrected chi connectivity index (χ4v) is 5.07. The number of likely N-dealkylation sites (N-methyl/N-ethyl adjacent to an activating group) is 2. The van der Waals surface area contributed by atoms with Crippen molar-refractivity contribution in [2.75, 3.05) is 21.1 Å². The normalized spacial score (nSPS) is 23.4. The number of H-pyrrole nitrogens is 1. The second-order valence-corrected chi connectivity index (χ2v) is 9.25. The van der Waals surface area contributed by atoms with Crippen LogP contribution < -0.4 is 0 Å². The van der Waals surface area contributed by atoms with Gasteiger partial charge in [-0.25, -0.2) is 4.98 Å². The Hall–Kier alpha value is -3.01. The number of carboxylic acids is 1. The summed E-state index contributed by atoms with van der Waals surface area (Å²) < 4.78 is 6.38. The minimum atomic E-state index is -1.38. The zero-order valence-electron chi connectivity index (χ0n) is 18.4. The second kappa shape index (κ2) is 8.50. The number of nitrogens with one attached hydrogen (secondary N) is 1. The van der Waals surface area contributed by atoms with Crippen molar-refractivity contribution in [1.82, 2.24) is 19.8 Å². The number of thiophene rings is 1. The summed E-state index contributed by atoms with van der Waals surface area (Å²) in [6.45, 7) is 2.34. The van der Waals surface area contributed by atoms with Gasteiger partial charge in [-0.1, -0.05) is 6.07 Å². The van der Waals surface area contributed by atoms with Crippen molar-refractivity contribution in [3.8, 4) is 0 Å². The Morgan fingerprint density at radius 2 is 2.16 bits per heavy atom. The van der Waals surface area contributed by atoms with Crippen LogP contribution in [0.25, 0.3) is 17.1 Å². The molecular formula is C23H26N4O4S. The summed E-state index contributed by atoms with van der Waals surface area (Å²) in [5.74, 6) is -3.08. The molecule has 3 aromatic rings. The molecule has 0 bridgehead atoms. The third-order valence-corrected chi connectivity index (χ3v) is 7.01. The van der Waals surface area contributed by atoms with E-state index >= 15 is 0 Å². The first-order valence-corrected chi connectivity index (χ1v) is 11.1. The molecule has 4 heterocycles. The van der Waals surface area contributed by atoms with Gasteiger partial charge >= 0.3 is 5.97 Å². The average molecular weight is 455 g/mol. The number of rotatable bonds is 7. The highest BCUT2D eigenvalue weighted by Crippen LogP contribution is 2.44. The summed E-state index contributed by atoms with van der Waals surface area (Å²) in [7, 11) is 5.51. The van der Waals surface area contributed by atoms with Crippen LogP contribution in [0.4, 0.5) is 0 Å². The molecule has 4 rings (SSSR count). The summed E-state index contributed by atoms with van der Waals surface area (Å²) in [5, 5.41) is 13.0. The Bertz CT molecular complexity index is 1170. The van der Waals surface area contributed by atoms with Gasteiger partial charge < -0.3 is 19.7 Å². The fourth-order valence-electron chi connectivity index (χ4n) is 4.32. The number of aliphatic carboxylic acids is 1. The summed E-state index contributed by atoms with van der Waals surface area (Å²) in [5.41, 5.74) is 0.0178. The Morgan fingerprint density at radius 1 is 1.38 bits per heavy atom. The lowest BCUT2D eigenvalue weighted by Crippen LogP contribution is -2.63. The molecule has 0 saturated carbocycles. The van der Waals surface area contributed by atoms with Crippen LogP contribution >= 0.6 is 11.3 Å². The van der Waals surface area contributed by atoms with Gasteiger partial charge in [0.05, 0.1) is 6.04 Å². The number of aromatic amines is 1. The van der Waals surface area contributed by atoms with Gasteiger partial charge in [0.1, 0.15) is 5.65 Å². The summed E-state index contributed by atoms with van der Waals surface area (Å²) in [4.78, 5) is 38.0. The van der Waals surface area contributed by atoms with Crippen LogP contribution in [0.3, 0.4) is 0 Å². The molecule has 1 aliphatic heterocycles. The molecule has 0 aromatic carbocycles.